The number of methoxy groups -OCH3 is 6. The zero-order chi connectivity index (χ0) is 86.3. The average Bonchev–Trinajstić information content (AvgIpc) is 1.70. The van der Waals surface area contributed by atoms with Crippen LogP contribution in [0.5, 0.6) is 0 Å². The molecule has 8 atom stereocenters. The molecule has 8 rings (SSSR count). The summed E-state index contributed by atoms with van der Waals surface area (Å²) >= 11 is 0. The van der Waals surface area contributed by atoms with Gasteiger partial charge in [0, 0.05) is 208 Å². The molecule has 0 aliphatic carbocycles. The number of nitrogens with one attached hydrogen (secondary N) is 2. The van der Waals surface area contributed by atoms with Gasteiger partial charge >= 0.3 is 35.8 Å². The van der Waals surface area contributed by atoms with Crippen molar-refractivity contribution in [2.24, 2.45) is 47.3 Å². The van der Waals surface area contributed by atoms with Crippen molar-refractivity contribution in [2.45, 2.75) is 158 Å². The van der Waals surface area contributed by atoms with E-state index in [4.69, 9.17) is 25.5 Å². The largest absolute Gasteiger partial charge is 0.469 e. The van der Waals surface area contributed by atoms with E-state index in [1.807, 2.05) is 69.2 Å². The maximum absolute atomic E-state index is 12.5. The second-order valence-corrected chi connectivity index (χ2v) is 22.3. The lowest BCUT2D eigenvalue weighted by molar-refractivity contribution is -0.145. The topological polar surface area (TPSA) is 480 Å². The van der Waals surface area contributed by atoms with E-state index in [0.717, 1.165) is 35.5 Å². The Morgan fingerprint density at radius 2 is 0.398 bits per heavy atom. The first-order valence-electron chi connectivity index (χ1n) is 35.7. The first kappa shape index (κ1) is 134. The second kappa shape index (κ2) is 81.3. The Bertz CT molecular complexity index is 2380. The van der Waals surface area contributed by atoms with Crippen LogP contribution in [0.25, 0.3) is 0 Å². The standard InChI is InChI=1S/C21H31N5O7.5C7H11NO3.5C2H6.5CH4O.5CH4/c1-24-10-13(7-16(24)27)19(30)22-3-5-25-11-14(8-17(25)28)20(31)23-4-6-26-12-15(9-18(26)29)21(32)33-2;5*1-8-4-5(3-6(8)9)7(10)11-2;10*1-2;;;;;/h13-15H,3-12H2,1-2H3,(H,22,30)(H,23,31);5*5H,3-4H2,1-2H3;5*1-2H3;5*2H,1H3;5*1H4. The van der Waals surface area contributed by atoms with E-state index < -0.39 is 17.8 Å². The van der Waals surface area contributed by atoms with Gasteiger partial charge in [0.25, 0.3) is 0 Å². The van der Waals surface area contributed by atoms with E-state index in [1.54, 1.807) is 71.7 Å². The molecule has 37 heteroatoms. The number of hydrogen-bond acceptors (Lipinski definition) is 27. The van der Waals surface area contributed by atoms with Gasteiger partial charge in [0.15, 0.2) is 0 Å². The Morgan fingerprint density at radius 3 is 0.558 bits per heavy atom. The molecular formula is C76H156N10O27. The summed E-state index contributed by atoms with van der Waals surface area (Å²) in [5.74, 6) is -5.24. The van der Waals surface area contributed by atoms with E-state index in [2.05, 4.69) is 39.1 Å². The van der Waals surface area contributed by atoms with Crippen molar-refractivity contribution < 1.29 is 131 Å². The molecule has 8 aliphatic heterocycles. The number of rotatable bonds is 14. The highest BCUT2D eigenvalue weighted by Crippen LogP contribution is 2.23. The zero-order valence-electron chi connectivity index (χ0n) is 69.6. The Labute approximate surface area is 677 Å². The Kier molecular flexibility index (Phi) is 96.1. The summed E-state index contributed by atoms with van der Waals surface area (Å²) in [6.45, 7) is 24.4. The van der Waals surface area contributed by atoms with Gasteiger partial charge in [-0.05, 0) is 0 Å². The molecule has 672 valence electrons. The number of ether oxygens (including phenoxy) is 6. The SMILES string of the molecule is C.C.C.C.C.CC.CC.CC.CC.CC.CO.CO.CO.CO.CO.COC(=O)C1CC(=O)N(C)C1.COC(=O)C1CC(=O)N(C)C1.COC(=O)C1CC(=O)N(C)C1.COC(=O)C1CC(=O)N(C)C1.COC(=O)C1CC(=O)N(C)C1.COC(=O)C1CC(=O)N(CCNC(=O)C2CC(=O)N(CCNC(=O)C3CC(=O)N(C)C3)C2)C1. The van der Waals surface area contributed by atoms with E-state index in [9.17, 15) is 76.7 Å². The van der Waals surface area contributed by atoms with E-state index in [-0.39, 0.29) is 214 Å². The maximum atomic E-state index is 12.5. The van der Waals surface area contributed by atoms with Crippen LogP contribution >= 0.6 is 0 Å². The molecule has 113 heavy (non-hydrogen) atoms. The molecule has 37 nitrogen and oxygen atoms in total. The van der Waals surface area contributed by atoms with Crippen molar-refractivity contribution in [2.75, 3.05) is 199 Å². The van der Waals surface area contributed by atoms with E-state index in [1.165, 1.54) is 52.5 Å². The maximum Gasteiger partial charge on any atom is 0.310 e. The Balaban J connectivity index is -0.0000000970. The number of aliphatic hydroxyl groups is 5. The molecule has 8 unspecified atom stereocenters. The molecule has 0 spiro atoms. The van der Waals surface area contributed by atoms with Crippen LogP contribution in [0.3, 0.4) is 0 Å². The smallest absolute Gasteiger partial charge is 0.310 e. The van der Waals surface area contributed by atoms with Crippen LogP contribution in [0.15, 0.2) is 0 Å². The van der Waals surface area contributed by atoms with Crippen LogP contribution < -0.4 is 10.6 Å². The van der Waals surface area contributed by atoms with Crippen molar-refractivity contribution in [1.29, 1.82) is 0 Å². The van der Waals surface area contributed by atoms with Gasteiger partial charge in [0.1, 0.15) is 0 Å². The number of amides is 10. The minimum absolute atomic E-state index is 0. The van der Waals surface area contributed by atoms with Gasteiger partial charge in [-0.1, -0.05) is 106 Å². The number of aliphatic hydroxyl groups excluding tert-OH is 5. The van der Waals surface area contributed by atoms with E-state index in [0.29, 0.717) is 77.9 Å². The molecule has 0 aromatic carbocycles. The quantitative estimate of drug-likeness (QED) is 0.0967. The average molecular weight is 1640 g/mol. The fraction of sp³-hybridized carbons (Fsp3) is 0.789. The van der Waals surface area contributed by atoms with Crippen molar-refractivity contribution >= 4 is 94.9 Å². The lowest BCUT2D eigenvalue weighted by Crippen LogP contribution is -2.40. The summed E-state index contributed by atoms with van der Waals surface area (Å²) in [6, 6.07) is 0. The minimum atomic E-state index is -0.494. The van der Waals surface area contributed by atoms with Crippen LogP contribution in [0.4, 0.5) is 0 Å². The lowest BCUT2D eigenvalue weighted by Gasteiger charge is -2.19. The Hall–Kier alpha value is -8.68. The third-order valence-corrected chi connectivity index (χ3v) is 15.8. The summed E-state index contributed by atoms with van der Waals surface area (Å²) in [6.07, 6.45) is 1.87. The molecule has 8 fully saturated rings. The van der Waals surface area contributed by atoms with Crippen molar-refractivity contribution in [3.8, 4) is 0 Å². The number of hydrogen-bond donors (Lipinski definition) is 7. The molecule has 0 aromatic heterocycles. The van der Waals surface area contributed by atoms with Crippen LogP contribution in [-0.4, -0.2) is 359 Å². The van der Waals surface area contributed by atoms with Crippen LogP contribution in [0.2, 0.25) is 0 Å². The van der Waals surface area contributed by atoms with Gasteiger partial charge in [-0.25, -0.2) is 0 Å². The van der Waals surface area contributed by atoms with Gasteiger partial charge in [-0.15, -0.1) is 0 Å². The van der Waals surface area contributed by atoms with Crippen LogP contribution in [0.1, 0.15) is 158 Å². The number of carbonyl (C=O) groups is 16. The first-order chi connectivity index (χ1) is 51.4. The fourth-order valence-corrected chi connectivity index (χ4v) is 10.4. The van der Waals surface area contributed by atoms with Crippen LogP contribution in [0, 0.1) is 47.3 Å². The minimum Gasteiger partial charge on any atom is -0.469 e. The van der Waals surface area contributed by atoms with Gasteiger partial charge < -0.3 is 104 Å². The molecule has 0 saturated carbocycles. The summed E-state index contributed by atoms with van der Waals surface area (Å²) in [4.78, 5) is 193. The molecule has 0 aromatic rings. The van der Waals surface area contributed by atoms with Crippen molar-refractivity contribution in [1.82, 2.24) is 49.8 Å². The van der Waals surface area contributed by atoms with Gasteiger partial charge in [0.2, 0.25) is 59.1 Å². The van der Waals surface area contributed by atoms with Gasteiger partial charge in [-0.2, -0.15) is 0 Å². The summed E-state index contributed by atoms with van der Waals surface area (Å²) in [5, 5.41) is 40.5. The zero-order valence-corrected chi connectivity index (χ0v) is 69.6. The number of nitrogens with zero attached hydrogens (tertiary/aromatic N) is 8. The molecular weight excluding hydrogens is 1480 g/mol. The highest BCUT2D eigenvalue weighted by Gasteiger charge is 2.39. The molecule has 8 heterocycles. The molecule has 0 bridgehead atoms. The predicted octanol–water partition coefficient (Wildman–Crippen LogP) is 2.11. The monoisotopic (exact) mass is 1640 g/mol. The summed E-state index contributed by atoms with van der Waals surface area (Å²) in [5.41, 5.74) is 0. The molecule has 10 amide bonds. The fourth-order valence-electron chi connectivity index (χ4n) is 10.4. The number of esters is 6. The second-order valence-electron chi connectivity index (χ2n) is 22.3. The van der Waals surface area contributed by atoms with Gasteiger partial charge in [0.05, 0.1) is 90.0 Å². The van der Waals surface area contributed by atoms with Crippen molar-refractivity contribution in [3.63, 3.8) is 0 Å². The summed E-state index contributed by atoms with van der Waals surface area (Å²) < 4.78 is 27.2. The van der Waals surface area contributed by atoms with E-state index >= 15 is 0 Å². The summed E-state index contributed by atoms with van der Waals surface area (Å²) in [7, 11) is 23.1. The highest BCUT2D eigenvalue weighted by molar-refractivity contribution is 5.92. The Morgan fingerprint density at radius 1 is 0.265 bits per heavy atom. The molecule has 8 saturated heterocycles. The first-order valence-corrected chi connectivity index (χ1v) is 35.7. The van der Waals surface area contributed by atoms with Crippen LogP contribution in [-0.2, 0) is 105 Å². The lowest BCUT2D eigenvalue weighted by atomic mass is 10.1. The molecule has 0 radical (unpaired) electrons. The third kappa shape index (κ3) is 51.6. The predicted molar refractivity (Wildman–Crippen MR) is 433 cm³/mol. The van der Waals surface area contributed by atoms with Gasteiger partial charge in [-0.3, -0.25) is 76.7 Å². The number of likely N-dealkylation sites (tertiary alicyclic amines) is 8. The molecule has 7 N–H and O–H groups in total. The highest BCUT2D eigenvalue weighted by atomic mass is 16.5. The number of carbonyl (C=O) groups excluding carboxylic acids is 16. The normalized spacial score (nSPS) is 19.5. The van der Waals surface area contributed by atoms with Crippen molar-refractivity contribution in [3.05, 3.63) is 0 Å². The molecule has 8 aliphatic rings. The third-order valence-electron chi connectivity index (χ3n) is 15.8.